The first-order valence-electron chi connectivity index (χ1n) is 15.8. The van der Waals surface area contributed by atoms with Gasteiger partial charge >= 0.3 is 12.1 Å². The average Bonchev–Trinajstić information content (AvgIpc) is 3.43. The fourth-order valence-corrected chi connectivity index (χ4v) is 7.02. The molecule has 0 aromatic heterocycles. The van der Waals surface area contributed by atoms with Crippen LogP contribution in [0.1, 0.15) is 50.0 Å². The Hall–Kier alpha value is -4.87. The van der Waals surface area contributed by atoms with Crippen molar-refractivity contribution in [3.63, 3.8) is 0 Å². The van der Waals surface area contributed by atoms with Crippen LogP contribution in [-0.4, -0.2) is 63.2 Å². The maximum Gasteiger partial charge on any atom is 0.408 e. The summed E-state index contributed by atoms with van der Waals surface area (Å²) in [6, 6.07) is 27.4. The van der Waals surface area contributed by atoms with Crippen LogP contribution in [0.25, 0.3) is 0 Å². The van der Waals surface area contributed by atoms with E-state index in [1.165, 1.54) is 21.7 Å². The van der Waals surface area contributed by atoms with E-state index in [-0.39, 0.29) is 18.2 Å². The summed E-state index contributed by atoms with van der Waals surface area (Å²) in [7, 11) is 0. The molecule has 3 heterocycles. The molecule has 3 aromatic carbocycles. The number of nitrogens with one attached hydrogen (secondary N) is 1. The Balaban J connectivity index is 1.29. The minimum absolute atomic E-state index is 0.0480. The molecular formula is C37H37N3O7S. The number of rotatable bonds is 9. The highest BCUT2D eigenvalue weighted by Gasteiger charge is 2.55. The van der Waals surface area contributed by atoms with Crippen LogP contribution in [-0.2, 0) is 35.3 Å². The van der Waals surface area contributed by atoms with Gasteiger partial charge in [-0.05, 0) is 55.5 Å². The molecule has 2 unspecified atom stereocenters. The van der Waals surface area contributed by atoms with Gasteiger partial charge in [0, 0.05) is 11.3 Å². The van der Waals surface area contributed by atoms with E-state index in [1.54, 1.807) is 26.8 Å². The maximum atomic E-state index is 14.3. The van der Waals surface area contributed by atoms with Crippen molar-refractivity contribution < 1.29 is 33.5 Å². The van der Waals surface area contributed by atoms with Gasteiger partial charge in [0.25, 0.3) is 11.8 Å². The molecule has 3 amide bonds. The Morgan fingerprint density at radius 3 is 2.15 bits per heavy atom. The van der Waals surface area contributed by atoms with E-state index in [4.69, 9.17) is 14.3 Å². The number of thioether (sulfide) groups is 1. The third-order valence-corrected chi connectivity index (χ3v) is 9.26. The number of hydroxylamine groups is 2. The molecule has 3 aromatic rings. The minimum Gasteiger partial charge on any atom is -0.448 e. The second-order valence-corrected chi connectivity index (χ2v) is 13.7. The van der Waals surface area contributed by atoms with Crippen molar-refractivity contribution >= 4 is 35.6 Å². The van der Waals surface area contributed by atoms with E-state index in [2.05, 4.69) is 5.32 Å². The lowest BCUT2D eigenvalue weighted by Gasteiger charge is -2.49. The highest BCUT2D eigenvalue weighted by molar-refractivity contribution is 8.00. The summed E-state index contributed by atoms with van der Waals surface area (Å²) in [6.07, 6.45) is 0.607. The predicted octanol–water partition coefficient (Wildman–Crippen LogP) is 5.67. The second kappa shape index (κ2) is 14.1. The van der Waals surface area contributed by atoms with E-state index in [9.17, 15) is 19.2 Å². The molecular weight excluding hydrogens is 630 g/mol. The number of β-lactam (4-membered cyclic amide) rings is 1. The summed E-state index contributed by atoms with van der Waals surface area (Å²) in [5.74, 6) is -1.18. The van der Waals surface area contributed by atoms with Crippen LogP contribution in [0.15, 0.2) is 114 Å². The smallest absolute Gasteiger partial charge is 0.408 e. The van der Waals surface area contributed by atoms with Gasteiger partial charge in [-0.2, -0.15) is 0 Å². The van der Waals surface area contributed by atoms with E-state index in [0.29, 0.717) is 29.9 Å². The van der Waals surface area contributed by atoms with E-state index in [1.807, 2.05) is 91.0 Å². The fraction of sp³-hybridized carbons (Fsp3) is 0.297. The van der Waals surface area contributed by atoms with Crippen molar-refractivity contribution in [2.75, 3.05) is 12.3 Å². The molecule has 1 N–H and O–H groups in total. The molecule has 2 atom stereocenters. The Morgan fingerprint density at radius 1 is 0.938 bits per heavy atom. The van der Waals surface area contributed by atoms with Gasteiger partial charge < -0.3 is 14.8 Å². The highest BCUT2D eigenvalue weighted by Crippen LogP contribution is 2.42. The Bertz CT molecular complexity index is 1700. The molecule has 3 aliphatic heterocycles. The average molecular weight is 668 g/mol. The van der Waals surface area contributed by atoms with Gasteiger partial charge in [0.15, 0.2) is 6.10 Å². The number of nitrogens with zero attached hydrogens (tertiary/aromatic N) is 2. The third kappa shape index (κ3) is 7.32. The van der Waals surface area contributed by atoms with Crippen LogP contribution in [0.5, 0.6) is 0 Å². The number of fused-ring (bicyclic) bond motifs is 1. The molecule has 0 saturated carbocycles. The zero-order chi connectivity index (χ0) is 33.8. The van der Waals surface area contributed by atoms with Gasteiger partial charge in [0.1, 0.15) is 29.3 Å². The summed E-state index contributed by atoms with van der Waals surface area (Å²) >= 11 is 1.39. The first-order valence-corrected chi connectivity index (χ1v) is 16.8. The number of carbonyl (C=O) groups excluding carboxylic acids is 4. The van der Waals surface area contributed by atoms with Crippen molar-refractivity contribution in [3.05, 3.63) is 131 Å². The highest BCUT2D eigenvalue weighted by atomic mass is 32.2. The number of esters is 1. The zero-order valence-electron chi connectivity index (χ0n) is 27.0. The predicted molar refractivity (Wildman–Crippen MR) is 180 cm³/mol. The topological polar surface area (TPSA) is 114 Å². The summed E-state index contributed by atoms with van der Waals surface area (Å²) < 4.78 is 11.6. The molecule has 2 saturated heterocycles. The van der Waals surface area contributed by atoms with Gasteiger partial charge in [-0.3, -0.25) is 19.3 Å². The molecule has 0 radical (unpaired) electrons. The van der Waals surface area contributed by atoms with Crippen LogP contribution in [0, 0.1) is 0 Å². The van der Waals surface area contributed by atoms with Crippen LogP contribution >= 0.6 is 11.8 Å². The van der Waals surface area contributed by atoms with Gasteiger partial charge in [0.2, 0.25) is 0 Å². The lowest BCUT2D eigenvalue weighted by atomic mass is 10.00. The van der Waals surface area contributed by atoms with Gasteiger partial charge in [0.05, 0.1) is 6.54 Å². The van der Waals surface area contributed by atoms with Crippen molar-refractivity contribution in [2.24, 2.45) is 0 Å². The summed E-state index contributed by atoms with van der Waals surface area (Å²) in [5, 5.41) is 3.42. The van der Waals surface area contributed by atoms with Gasteiger partial charge in [-0.1, -0.05) is 91.0 Å². The largest absolute Gasteiger partial charge is 0.448 e. The molecule has 0 spiro atoms. The fourth-order valence-electron chi connectivity index (χ4n) is 5.71. The third-order valence-electron chi connectivity index (χ3n) is 7.96. The van der Waals surface area contributed by atoms with E-state index < -0.39 is 41.1 Å². The van der Waals surface area contributed by atoms with Crippen molar-refractivity contribution in [1.29, 1.82) is 0 Å². The second-order valence-electron chi connectivity index (χ2n) is 12.6. The maximum absolute atomic E-state index is 14.3. The van der Waals surface area contributed by atoms with Crippen molar-refractivity contribution in [3.8, 4) is 0 Å². The zero-order valence-corrected chi connectivity index (χ0v) is 27.8. The van der Waals surface area contributed by atoms with Gasteiger partial charge in [-0.25, -0.2) is 14.7 Å². The number of ether oxygens (including phenoxy) is 2. The monoisotopic (exact) mass is 667 g/mol. The lowest BCUT2D eigenvalue weighted by molar-refractivity contribution is -0.180. The van der Waals surface area contributed by atoms with Crippen molar-refractivity contribution in [2.45, 2.75) is 56.9 Å². The SMILES string of the molecule is CC(C)(C)OC(=O)NC1C(=O)N2C(C(=O)OC(c3ccccc3)c3ccccc3)=C(/C=C3\CCN(OCc4ccccc4)C3=O)CSC12. The van der Waals surface area contributed by atoms with Crippen LogP contribution < -0.4 is 5.32 Å². The van der Waals surface area contributed by atoms with Crippen molar-refractivity contribution in [1.82, 2.24) is 15.3 Å². The molecule has 3 aliphatic rings. The van der Waals surface area contributed by atoms with E-state index >= 15 is 0 Å². The standard InChI is InChI=1S/C37H37N3O7S/c1-37(2,3)47-36(44)38-29-33(42)40-30(35(43)46-31(25-15-9-5-10-16-25)26-17-11-6-12-18-26)28(23-48-34(29)40)21-27-19-20-39(32(27)41)45-22-24-13-7-4-8-14-24/h4-18,21,29,31,34H,19-20,22-23H2,1-3H3,(H,38,44)/b27-21+. The Kier molecular flexibility index (Phi) is 9.70. The molecule has 0 bridgehead atoms. The number of benzene rings is 3. The molecule has 10 nitrogen and oxygen atoms in total. The normalized spacial score (nSPS) is 20.1. The Labute approximate surface area is 283 Å². The first kappa shape index (κ1) is 33.0. The van der Waals surface area contributed by atoms with Crippen LogP contribution in [0.2, 0.25) is 0 Å². The molecule has 0 aliphatic carbocycles. The molecule has 11 heteroatoms. The van der Waals surface area contributed by atoms with Gasteiger partial charge in [-0.15, -0.1) is 11.8 Å². The Morgan fingerprint density at radius 2 is 1.54 bits per heavy atom. The number of hydrogen-bond acceptors (Lipinski definition) is 8. The van der Waals surface area contributed by atoms with Crippen LogP contribution in [0.3, 0.4) is 0 Å². The first-order chi connectivity index (χ1) is 23.1. The summed E-state index contributed by atoms with van der Waals surface area (Å²) in [5.41, 5.74) is 2.70. The lowest BCUT2D eigenvalue weighted by Crippen LogP contribution is -2.70. The molecule has 2 fully saturated rings. The number of allylic oxidation sites excluding steroid dienone is 1. The molecule has 6 rings (SSSR count). The number of alkyl carbamates (subject to hydrolysis) is 1. The number of amides is 3. The molecule has 248 valence electrons. The van der Waals surface area contributed by atoms with E-state index in [0.717, 1.165) is 16.7 Å². The number of carbonyl (C=O) groups is 4. The molecule has 48 heavy (non-hydrogen) atoms. The summed E-state index contributed by atoms with van der Waals surface area (Å²) in [4.78, 5) is 61.0. The van der Waals surface area contributed by atoms with Crippen LogP contribution in [0.4, 0.5) is 4.79 Å². The minimum atomic E-state index is -0.893. The summed E-state index contributed by atoms with van der Waals surface area (Å²) in [6.45, 7) is 5.81. The number of hydrogen-bond donors (Lipinski definition) is 1. The quantitative estimate of drug-likeness (QED) is 0.176.